The number of likely N-dealkylation sites (N-methyl/N-ethyl adjacent to an activating group) is 1. The predicted molar refractivity (Wildman–Crippen MR) is 156 cm³/mol. The first-order valence-electron chi connectivity index (χ1n) is 12.7. The number of hydroxylamine groups is 2. The molecule has 12 heteroatoms. The second kappa shape index (κ2) is 15.5. The number of amides is 3. The Kier molecular flexibility index (Phi) is 11.8. The molecular weight excluding hydrogens is 552 g/mol. The van der Waals surface area contributed by atoms with Crippen molar-refractivity contribution < 1.29 is 33.8 Å². The maximum Gasteiger partial charge on any atom is 0.335 e. The van der Waals surface area contributed by atoms with Crippen LogP contribution in [0.3, 0.4) is 0 Å². The Hall–Kier alpha value is -4.32. The number of aromatic carboxylic acids is 1. The number of ether oxygens (including phenoxy) is 2. The van der Waals surface area contributed by atoms with E-state index in [9.17, 15) is 14.4 Å². The molecule has 0 saturated heterocycles. The van der Waals surface area contributed by atoms with E-state index in [0.29, 0.717) is 53.1 Å². The molecule has 11 nitrogen and oxygen atoms in total. The highest BCUT2D eigenvalue weighted by Gasteiger charge is 2.17. The van der Waals surface area contributed by atoms with Gasteiger partial charge in [0.15, 0.2) is 0 Å². The highest BCUT2D eigenvalue weighted by molar-refractivity contribution is 6.33. The number of nitrogens with zero attached hydrogens (tertiary/aromatic N) is 2. The molecule has 0 aliphatic rings. The minimum Gasteiger partial charge on any atom is -0.495 e. The highest BCUT2D eigenvalue weighted by atomic mass is 35.5. The lowest BCUT2D eigenvalue weighted by Gasteiger charge is -2.25. The summed E-state index contributed by atoms with van der Waals surface area (Å²) in [7, 11) is 4.79. The fourth-order valence-corrected chi connectivity index (χ4v) is 3.94. The van der Waals surface area contributed by atoms with Gasteiger partial charge in [-0.05, 0) is 54.1 Å². The topological polar surface area (TPSA) is 130 Å². The third-order valence-corrected chi connectivity index (χ3v) is 6.40. The molecule has 0 aromatic heterocycles. The molecule has 0 aliphatic heterocycles. The van der Waals surface area contributed by atoms with E-state index in [4.69, 9.17) is 31.0 Å². The van der Waals surface area contributed by atoms with Gasteiger partial charge < -0.3 is 35.0 Å². The Labute approximate surface area is 243 Å². The lowest BCUT2D eigenvalue weighted by Crippen LogP contribution is -2.40. The zero-order valence-electron chi connectivity index (χ0n) is 23.1. The number of rotatable bonds is 14. The number of methoxy groups -OCH3 is 1. The monoisotopic (exact) mass is 584 g/mol. The van der Waals surface area contributed by atoms with Crippen LogP contribution in [0.4, 0.5) is 16.2 Å². The molecule has 3 N–H and O–H groups in total. The van der Waals surface area contributed by atoms with Crippen LogP contribution in [0.15, 0.2) is 66.7 Å². The van der Waals surface area contributed by atoms with Crippen LogP contribution in [-0.2, 0) is 16.1 Å². The summed E-state index contributed by atoms with van der Waals surface area (Å²) in [6, 6.07) is 17.6. The normalized spacial score (nSPS) is 10.7. The van der Waals surface area contributed by atoms with Crippen LogP contribution in [0.25, 0.3) is 0 Å². The maximum atomic E-state index is 13.3. The van der Waals surface area contributed by atoms with Gasteiger partial charge in [0.05, 0.1) is 49.1 Å². The van der Waals surface area contributed by atoms with Gasteiger partial charge in [-0.25, -0.2) is 9.59 Å². The van der Waals surface area contributed by atoms with Gasteiger partial charge in [0.2, 0.25) is 5.91 Å². The zero-order chi connectivity index (χ0) is 29.8. The Morgan fingerprint density at radius 1 is 0.902 bits per heavy atom. The Morgan fingerprint density at radius 3 is 2.27 bits per heavy atom. The van der Waals surface area contributed by atoms with Crippen molar-refractivity contribution in [3.63, 3.8) is 0 Å². The summed E-state index contributed by atoms with van der Waals surface area (Å²) < 4.78 is 11.2. The molecule has 3 amide bonds. The fourth-order valence-electron chi connectivity index (χ4n) is 3.76. The van der Waals surface area contributed by atoms with Crippen molar-refractivity contribution in [1.29, 1.82) is 0 Å². The number of nitrogens with one attached hydrogen (secondary N) is 2. The molecule has 0 unspecified atom stereocenters. The van der Waals surface area contributed by atoms with Crippen molar-refractivity contribution in [3.8, 4) is 11.5 Å². The standard InChI is InChI=1S/C29H33ClN4O7/c1-33(40-3)14-15-34(16-17-41-22-11-9-21(10-12-22)28(36)37)27(35)19-20-8-13-25(26(18-20)39-2)32-29(38)31-24-7-5-4-6-23(24)30/h4-13,18H,14-17,19H2,1-3H3,(H,36,37)(H2,31,32,38). The number of anilines is 2. The average Bonchev–Trinajstić information content (AvgIpc) is 2.96. The van der Waals surface area contributed by atoms with E-state index in [0.717, 1.165) is 0 Å². The second-order valence-corrected chi connectivity index (χ2v) is 9.27. The van der Waals surface area contributed by atoms with E-state index in [2.05, 4.69) is 10.6 Å². The van der Waals surface area contributed by atoms with Crippen molar-refractivity contribution in [2.45, 2.75) is 6.42 Å². The Balaban J connectivity index is 1.63. The van der Waals surface area contributed by atoms with Gasteiger partial charge >= 0.3 is 12.0 Å². The molecule has 0 spiro atoms. The van der Waals surface area contributed by atoms with Crippen LogP contribution in [-0.4, -0.2) is 80.5 Å². The molecule has 0 radical (unpaired) electrons. The van der Waals surface area contributed by atoms with Crippen LogP contribution < -0.4 is 20.1 Å². The van der Waals surface area contributed by atoms with Gasteiger partial charge in [0.25, 0.3) is 0 Å². The third-order valence-electron chi connectivity index (χ3n) is 6.07. The second-order valence-electron chi connectivity index (χ2n) is 8.86. The van der Waals surface area contributed by atoms with Crippen LogP contribution in [0, 0.1) is 0 Å². The van der Waals surface area contributed by atoms with E-state index < -0.39 is 12.0 Å². The van der Waals surface area contributed by atoms with Crippen molar-refractivity contribution >= 4 is 40.9 Å². The molecular formula is C29H33ClN4O7. The zero-order valence-corrected chi connectivity index (χ0v) is 23.8. The summed E-state index contributed by atoms with van der Waals surface area (Å²) in [5, 5.41) is 16.5. The molecule has 0 atom stereocenters. The van der Waals surface area contributed by atoms with Crippen LogP contribution in [0.2, 0.25) is 5.02 Å². The lowest BCUT2D eigenvalue weighted by atomic mass is 10.1. The summed E-state index contributed by atoms with van der Waals surface area (Å²) in [5.74, 6) is -0.263. The van der Waals surface area contributed by atoms with Crippen LogP contribution in [0.5, 0.6) is 11.5 Å². The van der Waals surface area contributed by atoms with E-state index in [1.54, 1.807) is 78.7 Å². The number of halogens is 1. The number of hydrogen-bond acceptors (Lipinski definition) is 7. The van der Waals surface area contributed by atoms with Gasteiger partial charge in [0, 0.05) is 20.1 Å². The van der Waals surface area contributed by atoms with Crippen LogP contribution in [0.1, 0.15) is 15.9 Å². The SMILES string of the molecule is COc1cc(CC(=O)N(CCOc2ccc(C(=O)O)cc2)CCN(C)OC)ccc1NC(=O)Nc1ccccc1Cl. The molecule has 3 aromatic carbocycles. The number of carbonyl (C=O) groups excluding carboxylic acids is 2. The first-order valence-corrected chi connectivity index (χ1v) is 13.1. The maximum absolute atomic E-state index is 13.3. The predicted octanol–water partition coefficient (Wildman–Crippen LogP) is 4.63. The first-order chi connectivity index (χ1) is 19.7. The number of carboxylic acids is 1. The van der Waals surface area contributed by atoms with Crippen molar-refractivity contribution in [2.24, 2.45) is 0 Å². The summed E-state index contributed by atoms with van der Waals surface area (Å²) in [5.41, 5.74) is 1.75. The van der Waals surface area contributed by atoms with Gasteiger partial charge in [-0.3, -0.25) is 4.79 Å². The number of urea groups is 1. The van der Waals surface area contributed by atoms with Crippen molar-refractivity contribution in [1.82, 2.24) is 9.96 Å². The summed E-state index contributed by atoms with van der Waals surface area (Å²) >= 11 is 6.11. The number of carboxylic acid groups (broad SMARTS) is 1. The third kappa shape index (κ3) is 9.67. The van der Waals surface area contributed by atoms with Crippen LogP contribution >= 0.6 is 11.6 Å². The quantitative estimate of drug-likeness (QED) is 0.234. The van der Waals surface area contributed by atoms with E-state index in [1.807, 2.05) is 0 Å². The van der Waals surface area contributed by atoms with E-state index in [1.165, 1.54) is 19.2 Å². The number of hydrogen-bond donors (Lipinski definition) is 3. The van der Waals surface area contributed by atoms with E-state index in [-0.39, 0.29) is 24.5 Å². The van der Waals surface area contributed by atoms with E-state index >= 15 is 0 Å². The van der Waals surface area contributed by atoms with Gasteiger partial charge in [0.1, 0.15) is 18.1 Å². The first kappa shape index (κ1) is 31.2. The molecule has 0 bridgehead atoms. The molecule has 3 rings (SSSR count). The molecule has 3 aromatic rings. The average molecular weight is 585 g/mol. The largest absolute Gasteiger partial charge is 0.495 e. The highest BCUT2D eigenvalue weighted by Crippen LogP contribution is 2.27. The molecule has 0 heterocycles. The molecule has 41 heavy (non-hydrogen) atoms. The van der Waals surface area contributed by atoms with Crippen molar-refractivity contribution in [3.05, 3.63) is 82.9 Å². The van der Waals surface area contributed by atoms with Gasteiger partial charge in [-0.15, -0.1) is 0 Å². The number of para-hydroxylation sites is 1. The van der Waals surface area contributed by atoms with Gasteiger partial charge in [-0.1, -0.05) is 29.8 Å². The summed E-state index contributed by atoms with van der Waals surface area (Å²) in [6.45, 7) is 1.38. The van der Waals surface area contributed by atoms with Gasteiger partial charge in [-0.2, -0.15) is 5.06 Å². The molecule has 0 fully saturated rings. The Bertz CT molecular complexity index is 1340. The summed E-state index contributed by atoms with van der Waals surface area (Å²) in [4.78, 5) is 43.7. The number of carbonyl (C=O) groups is 3. The molecule has 218 valence electrons. The minimum atomic E-state index is -1.02. The smallest absolute Gasteiger partial charge is 0.335 e. The summed E-state index contributed by atoms with van der Waals surface area (Å²) in [6.07, 6.45) is 0.0897. The Morgan fingerprint density at radius 2 is 1.61 bits per heavy atom. The molecule has 0 saturated carbocycles. The number of benzene rings is 3. The lowest BCUT2D eigenvalue weighted by molar-refractivity contribution is -0.136. The minimum absolute atomic E-state index is 0.0897. The fraction of sp³-hybridized carbons (Fsp3) is 0.276. The van der Waals surface area contributed by atoms with Crippen molar-refractivity contribution in [2.75, 3.05) is 58.1 Å². The molecule has 0 aliphatic carbocycles.